The Kier molecular flexibility index (Phi) is 4.44. The Hall–Kier alpha value is -1.82. The van der Waals surface area contributed by atoms with Crippen LogP contribution in [0.2, 0.25) is 5.15 Å². The van der Waals surface area contributed by atoms with Gasteiger partial charge in [-0.15, -0.1) is 0 Å². The van der Waals surface area contributed by atoms with Crippen molar-refractivity contribution in [3.63, 3.8) is 0 Å². The molecular formula is C13H17ClN4O2. The van der Waals surface area contributed by atoms with Crippen LogP contribution in [-0.2, 0) is 4.79 Å². The van der Waals surface area contributed by atoms with Crippen molar-refractivity contribution in [3.05, 3.63) is 16.8 Å². The Morgan fingerprint density at radius 1 is 1.70 bits per heavy atom. The molecule has 1 aromatic rings. The number of nitrogens with two attached hydrogens (primary N) is 1. The topological polar surface area (TPSA) is 89.6 Å². The molecule has 1 saturated heterocycles. The number of aliphatic imine (C=N–C) groups is 1. The van der Waals surface area contributed by atoms with E-state index in [9.17, 15) is 4.79 Å². The van der Waals surface area contributed by atoms with Crippen molar-refractivity contribution in [2.24, 2.45) is 10.9 Å². The standard InChI is InChI=1S/C13H17ClN4O2/c1-7(8-3-12(19)17-5-8)20-13-9(6-16-2)10(15)4-11(14)18-13/h4,6-8H,3,5H2,1-2H3,(H2,15,18)(H,17,19)/t7-,8-/m1/s1. The molecule has 20 heavy (non-hydrogen) atoms. The maximum atomic E-state index is 11.2. The molecule has 6 nitrogen and oxygen atoms in total. The van der Waals surface area contributed by atoms with Crippen LogP contribution < -0.4 is 15.8 Å². The number of nitrogens with zero attached hydrogens (tertiary/aromatic N) is 2. The molecule has 1 aliphatic heterocycles. The van der Waals surface area contributed by atoms with Gasteiger partial charge in [-0.05, 0) is 13.0 Å². The molecule has 0 bridgehead atoms. The highest BCUT2D eigenvalue weighted by Gasteiger charge is 2.28. The second-order valence-corrected chi connectivity index (χ2v) is 5.12. The normalized spacial score (nSPS) is 20.1. The Morgan fingerprint density at radius 2 is 2.45 bits per heavy atom. The van der Waals surface area contributed by atoms with Crippen LogP contribution in [0, 0.1) is 5.92 Å². The van der Waals surface area contributed by atoms with Gasteiger partial charge in [0.2, 0.25) is 11.8 Å². The monoisotopic (exact) mass is 296 g/mol. The maximum absolute atomic E-state index is 11.2. The van der Waals surface area contributed by atoms with Gasteiger partial charge in [0.05, 0.1) is 5.56 Å². The van der Waals surface area contributed by atoms with E-state index in [1.807, 2.05) is 6.92 Å². The maximum Gasteiger partial charge on any atom is 0.226 e. The quantitative estimate of drug-likeness (QED) is 0.647. The molecular weight excluding hydrogens is 280 g/mol. The molecule has 2 heterocycles. The number of ether oxygens (including phenoxy) is 1. The van der Waals surface area contributed by atoms with Crippen molar-refractivity contribution >= 4 is 29.4 Å². The minimum atomic E-state index is -0.177. The number of nitrogen functional groups attached to an aromatic ring is 1. The molecule has 0 radical (unpaired) electrons. The number of anilines is 1. The summed E-state index contributed by atoms with van der Waals surface area (Å²) in [7, 11) is 1.64. The molecule has 7 heteroatoms. The molecule has 2 atom stereocenters. The van der Waals surface area contributed by atoms with Crippen LogP contribution in [0.4, 0.5) is 5.69 Å². The van der Waals surface area contributed by atoms with E-state index in [4.69, 9.17) is 22.1 Å². The van der Waals surface area contributed by atoms with Gasteiger partial charge >= 0.3 is 0 Å². The molecule has 2 rings (SSSR count). The second-order valence-electron chi connectivity index (χ2n) is 4.73. The van der Waals surface area contributed by atoms with Gasteiger partial charge in [0.15, 0.2) is 0 Å². The lowest BCUT2D eigenvalue weighted by Crippen LogP contribution is -2.26. The highest BCUT2D eigenvalue weighted by Crippen LogP contribution is 2.27. The summed E-state index contributed by atoms with van der Waals surface area (Å²) in [6.07, 6.45) is 1.86. The minimum Gasteiger partial charge on any atom is -0.474 e. The fourth-order valence-electron chi connectivity index (χ4n) is 2.10. The van der Waals surface area contributed by atoms with E-state index in [2.05, 4.69) is 15.3 Å². The fraction of sp³-hybridized carbons (Fsp3) is 0.462. The molecule has 0 aliphatic carbocycles. The number of rotatable bonds is 4. The van der Waals surface area contributed by atoms with Crippen molar-refractivity contribution in [1.82, 2.24) is 10.3 Å². The van der Waals surface area contributed by atoms with E-state index in [1.54, 1.807) is 19.3 Å². The minimum absolute atomic E-state index is 0.0411. The molecule has 1 fully saturated rings. The van der Waals surface area contributed by atoms with Crippen LogP contribution in [0.15, 0.2) is 11.1 Å². The lowest BCUT2D eigenvalue weighted by atomic mass is 10.0. The van der Waals surface area contributed by atoms with Crippen molar-refractivity contribution in [2.75, 3.05) is 19.3 Å². The van der Waals surface area contributed by atoms with Crippen molar-refractivity contribution in [2.45, 2.75) is 19.4 Å². The predicted molar refractivity (Wildman–Crippen MR) is 78.4 cm³/mol. The van der Waals surface area contributed by atoms with Gasteiger partial charge < -0.3 is 15.8 Å². The largest absolute Gasteiger partial charge is 0.474 e. The number of amides is 1. The summed E-state index contributed by atoms with van der Waals surface area (Å²) < 4.78 is 5.83. The Morgan fingerprint density at radius 3 is 3.05 bits per heavy atom. The summed E-state index contributed by atoms with van der Waals surface area (Å²) in [5, 5.41) is 3.04. The highest BCUT2D eigenvalue weighted by molar-refractivity contribution is 6.29. The third kappa shape index (κ3) is 3.19. The predicted octanol–water partition coefficient (Wildman–Crippen LogP) is 1.27. The van der Waals surface area contributed by atoms with Crippen LogP contribution in [-0.4, -0.2) is 36.8 Å². The van der Waals surface area contributed by atoms with Crippen LogP contribution in [0.3, 0.4) is 0 Å². The Bertz CT molecular complexity index is 547. The average Bonchev–Trinajstić information content (AvgIpc) is 2.80. The van der Waals surface area contributed by atoms with E-state index in [0.29, 0.717) is 30.1 Å². The zero-order valence-electron chi connectivity index (χ0n) is 11.4. The summed E-state index contributed by atoms with van der Waals surface area (Å²) in [6, 6.07) is 1.55. The number of carbonyl (C=O) groups excluding carboxylic acids is 1. The smallest absolute Gasteiger partial charge is 0.226 e. The zero-order valence-corrected chi connectivity index (χ0v) is 12.1. The van der Waals surface area contributed by atoms with E-state index < -0.39 is 0 Å². The SMILES string of the molecule is CN=Cc1c(N)cc(Cl)nc1O[C@H](C)[C@H]1CNC(=O)C1. The first-order valence-corrected chi connectivity index (χ1v) is 6.70. The molecule has 108 valence electrons. The molecule has 0 saturated carbocycles. The average molecular weight is 297 g/mol. The van der Waals surface area contributed by atoms with E-state index in [0.717, 1.165) is 0 Å². The highest BCUT2D eigenvalue weighted by atomic mass is 35.5. The summed E-state index contributed by atoms with van der Waals surface area (Å²) in [5.74, 6) is 0.489. The fourth-order valence-corrected chi connectivity index (χ4v) is 2.29. The number of carbonyl (C=O) groups is 1. The van der Waals surface area contributed by atoms with Gasteiger partial charge in [-0.3, -0.25) is 9.79 Å². The van der Waals surface area contributed by atoms with E-state index in [1.165, 1.54) is 0 Å². The Labute approximate surface area is 122 Å². The molecule has 0 aromatic carbocycles. The lowest BCUT2D eigenvalue weighted by molar-refractivity contribution is -0.119. The van der Waals surface area contributed by atoms with Crippen LogP contribution >= 0.6 is 11.6 Å². The number of halogens is 1. The molecule has 0 unspecified atom stereocenters. The molecule has 1 aliphatic rings. The molecule has 1 aromatic heterocycles. The zero-order chi connectivity index (χ0) is 14.7. The summed E-state index contributed by atoms with van der Waals surface area (Å²) in [4.78, 5) is 19.3. The number of hydrogen-bond acceptors (Lipinski definition) is 5. The number of nitrogens with one attached hydrogen (secondary N) is 1. The van der Waals surface area contributed by atoms with Crippen molar-refractivity contribution in [1.29, 1.82) is 0 Å². The van der Waals surface area contributed by atoms with Gasteiger partial charge in [-0.2, -0.15) is 0 Å². The van der Waals surface area contributed by atoms with E-state index >= 15 is 0 Å². The van der Waals surface area contributed by atoms with Gasteiger partial charge in [0, 0.05) is 37.8 Å². The van der Waals surface area contributed by atoms with Crippen LogP contribution in [0.1, 0.15) is 18.9 Å². The summed E-state index contributed by atoms with van der Waals surface area (Å²) >= 11 is 5.91. The number of hydrogen-bond donors (Lipinski definition) is 2. The van der Waals surface area contributed by atoms with Gasteiger partial charge in [-0.1, -0.05) is 11.6 Å². The summed E-state index contributed by atoms with van der Waals surface area (Å²) in [5.41, 5.74) is 6.95. The number of aromatic nitrogens is 1. The third-order valence-electron chi connectivity index (χ3n) is 3.25. The van der Waals surface area contributed by atoms with Gasteiger partial charge in [0.25, 0.3) is 0 Å². The number of pyridine rings is 1. The van der Waals surface area contributed by atoms with Crippen molar-refractivity contribution < 1.29 is 9.53 Å². The van der Waals surface area contributed by atoms with Gasteiger partial charge in [-0.25, -0.2) is 4.98 Å². The third-order valence-corrected chi connectivity index (χ3v) is 3.45. The van der Waals surface area contributed by atoms with Gasteiger partial charge in [0.1, 0.15) is 11.3 Å². The summed E-state index contributed by atoms with van der Waals surface area (Å²) in [6.45, 7) is 2.50. The first-order valence-electron chi connectivity index (χ1n) is 6.32. The molecule has 0 spiro atoms. The van der Waals surface area contributed by atoms with Crippen LogP contribution in [0.5, 0.6) is 5.88 Å². The van der Waals surface area contributed by atoms with E-state index in [-0.39, 0.29) is 23.1 Å². The van der Waals surface area contributed by atoms with Crippen LogP contribution in [0.25, 0.3) is 0 Å². The molecule has 1 amide bonds. The molecule has 3 N–H and O–H groups in total. The van der Waals surface area contributed by atoms with Crippen molar-refractivity contribution in [3.8, 4) is 5.88 Å². The lowest BCUT2D eigenvalue weighted by Gasteiger charge is -2.20. The first-order chi connectivity index (χ1) is 9.51. The Balaban J connectivity index is 2.21. The second kappa shape index (κ2) is 6.09. The first kappa shape index (κ1) is 14.6.